The van der Waals surface area contributed by atoms with Crippen LogP contribution in [-0.2, 0) is 4.74 Å². The molecule has 0 aromatic heterocycles. The van der Waals surface area contributed by atoms with Crippen LogP contribution in [0.5, 0.6) is 0 Å². The van der Waals surface area contributed by atoms with Gasteiger partial charge in [0.15, 0.2) is 0 Å². The van der Waals surface area contributed by atoms with E-state index in [0.29, 0.717) is 5.88 Å². The molecule has 1 atom stereocenters. The van der Waals surface area contributed by atoms with Crippen LogP contribution in [0.4, 0.5) is 0 Å². The number of nitrogens with one attached hydrogen (secondary N) is 1. The molecule has 1 fully saturated rings. The van der Waals surface area contributed by atoms with Crippen molar-refractivity contribution in [3.05, 3.63) is 0 Å². The van der Waals surface area contributed by atoms with E-state index in [-0.39, 0.29) is 5.41 Å². The summed E-state index contributed by atoms with van der Waals surface area (Å²) in [5.41, 5.74) is 0.219. The zero-order valence-electron chi connectivity index (χ0n) is 6.32. The smallest absolute Gasteiger partial charge is 0.0546 e. The minimum atomic E-state index is 0.219. The fourth-order valence-electron chi connectivity index (χ4n) is 1.32. The van der Waals surface area contributed by atoms with Gasteiger partial charge in [0.1, 0.15) is 0 Å². The van der Waals surface area contributed by atoms with Crippen LogP contribution in [0.2, 0.25) is 0 Å². The van der Waals surface area contributed by atoms with Gasteiger partial charge in [0.2, 0.25) is 0 Å². The zero-order valence-corrected chi connectivity index (χ0v) is 7.08. The Morgan fingerprint density at radius 3 is 2.90 bits per heavy atom. The van der Waals surface area contributed by atoms with E-state index in [1.807, 2.05) is 7.05 Å². The quantitative estimate of drug-likeness (QED) is 0.623. The summed E-state index contributed by atoms with van der Waals surface area (Å²) in [5.74, 6) is 0.702. The molecule has 10 heavy (non-hydrogen) atoms. The highest BCUT2D eigenvalue weighted by molar-refractivity contribution is 6.18. The van der Waals surface area contributed by atoms with E-state index >= 15 is 0 Å². The van der Waals surface area contributed by atoms with Gasteiger partial charge in [-0.3, -0.25) is 0 Å². The van der Waals surface area contributed by atoms with Gasteiger partial charge in [-0.05, 0) is 13.5 Å². The highest BCUT2D eigenvalue weighted by atomic mass is 35.5. The second-order valence-corrected chi connectivity index (χ2v) is 3.23. The van der Waals surface area contributed by atoms with Gasteiger partial charge in [-0.1, -0.05) is 0 Å². The van der Waals surface area contributed by atoms with Crippen molar-refractivity contribution in [2.45, 2.75) is 6.42 Å². The van der Waals surface area contributed by atoms with Crippen molar-refractivity contribution in [1.29, 1.82) is 0 Å². The zero-order chi connectivity index (χ0) is 7.45. The Bertz CT molecular complexity index is 102. The van der Waals surface area contributed by atoms with Crippen molar-refractivity contribution in [2.24, 2.45) is 5.41 Å². The molecular formula is C7H14ClNO. The Morgan fingerprint density at radius 1 is 1.70 bits per heavy atom. The number of ether oxygens (including phenoxy) is 1. The third-order valence-electron chi connectivity index (χ3n) is 2.02. The predicted octanol–water partition coefficient (Wildman–Crippen LogP) is 0.851. The molecule has 0 aliphatic carbocycles. The van der Waals surface area contributed by atoms with E-state index in [1.165, 1.54) is 0 Å². The molecular weight excluding hydrogens is 150 g/mol. The van der Waals surface area contributed by atoms with Gasteiger partial charge < -0.3 is 10.1 Å². The lowest BCUT2D eigenvalue weighted by atomic mass is 9.90. The Morgan fingerprint density at radius 2 is 2.50 bits per heavy atom. The van der Waals surface area contributed by atoms with Crippen LogP contribution in [-0.4, -0.2) is 32.7 Å². The van der Waals surface area contributed by atoms with Crippen LogP contribution in [0.15, 0.2) is 0 Å². The summed E-state index contributed by atoms with van der Waals surface area (Å²) in [4.78, 5) is 0. The van der Waals surface area contributed by atoms with Gasteiger partial charge in [0.05, 0.1) is 6.61 Å². The van der Waals surface area contributed by atoms with Crippen molar-refractivity contribution in [1.82, 2.24) is 5.32 Å². The maximum atomic E-state index is 5.82. The van der Waals surface area contributed by atoms with Crippen LogP contribution in [0, 0.1) is 5.41 Å². The number of hydrogen-bond acceptors (Lipinski definition) is 2. The maximum absolute atomic E-state index is 5.82. The summed E-state index contributed by atoms with van der Waals surface area (Å²) in [5, 5.41) is 3.14. The molecule has 1 aliphatic heterocycles. The van der Waals surface area contributed by atoms with Gasteiger partial charge in [-0.2, -0.15) is 0 Å². The van der Waals surface area contributed by atoms with Crippen molar-refractivity contribution in [3.63, 3.8) is 0 Å². The number of rotatable bonds is 3. The number of hydrogen-bond donors (Lipinski definition) is 1. The lowest BCUT2D eigenvalue weighted by Crippen LogP contribution is -2.34. The van der Waals surface area contributed by atoms with Gasteiger partial charge in [0, 0.05) is 24.4 Å². The normalized spacial score (nSPS) is 33.0. The fraction of sp³-hybridized carbons (Fsp3) is 1.00. The first-order valence-electron chi connectivity index (χ1n) is 3.61. The Kier molecular flexibility index (Phi) is 2.96. The number of halogens is 1. The second kappa shape index (κ2) is 3.56. The molecule has 60 valence electrons. The van der Waals surface area contributed by atoms with Crippen LogP contribution >= 0.6 is 11.6 Å². The van der Waals surface area contributed by atoms with E-state index in [4.69, 9.17) is 16.3 Å². The van der Waals surface area contributed by atoms with E-state index in [9.17, 15) is 0 Å². The summed E-state index contributed by atoms with van der Waals surface area (Å²) in [7, 11) is 1.95. The molecule has 0 saturated carbocycles. The molecule has 3 heteroatoms. The molecule has 0 spiro atoms. The van der Waals surface area contributed by atoms with E-state index in [1.54, 1.807) is 0 Å². The third-order valence-corrected chi connectivity index (χ3v) is 2.59. The highest BCUT2D eigenvalue weighted by Gasteiger charge is 2.33. The molecule has 0 radical (unpaired) electrons. The molecule has 1 aliphatic rings. The molecule has 0 aromatic carbocycles. The van der Waals surface area contributed by atoms with Crippen molar-refractivity contribution in [2.75, 3.05) is 32.7 Å². The molecule has 1 rings (SSSR count). The van der Waals surface area contributed by atoms with Gasteiger partial charge in [-0.25, -0.2) is 0 Å². The molecule has 0 bridgehead atoms. The van der Waals surface area contributed by atoms with Crippen molar-refractivity contribution < 1.29 is 4.74 Å². The monoisotopic (exact) mass is 163 g/mol. The SMILES string of the molecule is CNCC1(CCl)CCOC1. The minimum Gasteiger partial charge on any atom is -0.381 e. The van der Waals surface area contributed by atoms with Crippen LogP contribution in [0.3, 0.4) is 0 Å². The standard InChI is InChI=1S/C7H14ClNO/c1-9-5-7(4-8)2-3-10-6-7/h9H,2-6H2,1H3. The summed E-state index contributed by atoms with van der Waals surface area (Å²) >= 11 is 5.82. The highest BCUT2D eigenvalue weighted by Crippen LogP contribution is 2.28. The Hall–Kier alpha value is 0.210. The minimum absolute atomic E-state index is 0.219. The number of alkyl halides is 1. The van der Waals surface area contributed by atoms with E-state index in [0.717, 1.165) is 26.2 Å². The predicted molar refractivity (Wildman–Crippen MR) is 42.5 cm³/mol. The molecule has 0 aromatic rings. The molecule has 1 N–H and O–H groups in total. The largest absolute Gasteiger partial charge is 0.381 e. The fourth-order valence-corrected chi connectivity index (χ4v) is 1.62. The lowest BCUT2D eigenvalue weighted by Gasteiger charge is -2.23. The summed E-state index contributed by atoms with van der Waals surface area (Å²) in [6.07, 6.45) is 1.09. The topological polar surface area (TPSA) is 21.3 Å². The summed E-state index contributed by atoms with van der Waals surface area (Å²) < 4.78 is 5.28. The Balaban J connectivity index is 2.41. The van der Waals surface area contributed by atoms with Crippen LogP contribution in [0.25, 0.3) is 0 Å². The summed E-state index contributed by atoms with van der Waals surface area (Å²) in [6.45, 7) is 2.66. The molecule has 1 heterocycles. The first-order chi connectivity index (χ1) is 4.83. The molecule has 0 amide bonds. The third kappa shape index (κ3) is 1.62. The molecule has 1 unspecified atom stereocenters. The second-order valence-electron chi connectivity index (χ2n) is 2.97. The van der Waals surface area contributed by atoms with E-state index in [2.05, 4.69) is 5.32 Å². The first-order valence-corrected chi connectivity index (χ1v) is 4.15. The molecule has 1 saturated heterocycles. The van der Waals surface area contributed by atoms with Crippen molar-refractivity contribution in [3.8, 4) is 0 Å². The van der Waals surface area contributed by atoms with E-state index < -0.39 is 0 Å². The maximum Gasteiger partial charge on any atom is 0.0546 e. The van der Waals surface area contributed by atoms with Gasteiger partial charge in [0.25, 0.3) is 0 Å². The average molecular weight is 164 g/mol. The average Bonchev–Trinajstić information content (AvgIpc) is 2.39. The van der Waals surface area contributed by atoms with Gasteiger partial charge in [-0.15, -0.1) is 11.6 Å². The lowest BCUT2D eigenvalue weighted by molar-refractivity contribution is 0.161. The Labute approximate surface area is 66.9 Å². The van der Waals surface area contributed by atoms with Crippen LogP contribution in [0.1, 0.15) is 6.42 Å². The summed E-state index contributed by atoms with van der Waals surface area (Å²) in [6, 6.07) is 0. The van der Waals surface area contributed by atoms with Crippen molar-refractivity contribution >= 4 is 11.6 Å². The first kappa shape index (κ1) is 8.31. The van der Waals surface area contributed by atoms with Gasteiger partial charge >= 0.3 is 0 Å². The van der Waals surface area contributed by atoms with Crippen LogP contribution < -0.4 is 5.32 Å². The molecule has 2 nitrogen and oxygen atoms in total.